The van der Waals surface area contributed by atoms with Gasteiger partial charge in [0.2, 0.25) is 0 Å². The van der Waals surface area contributed by atoms with Gasteiger partial charge in [0.1, 0.15) is 11.9 Å². The second kappa shape index (κ2) is 12.2. The van der Waals surface area contributed by atoms with Crippen LogP contribution in [0.5, 0.6) is 0 Å². The largest absolute Gasteiger partial charge is 0.477 e. The fourth-order valence-electron chi connectivity index (χ4n) is 2.89. The van der Waals surface area contributed by atoms with Gasteiger partial charge in [-0.2, -0.15) is 5.26 Å². The number of carboxylic acids is 1. The number of carboxylic acid groups (broad SMARTS) is 1. The lowest BCUT2D eigenvalue weighted by Crippen LogP contribution is -2.25. The highest BCUT2D eigenvalue weighted by Crippen LogP contribution is 2.57. The van der Waals surface area contributed by atoms with Gasteiger partial charge in [-0.1, -0.05) is 56.3 Å². The zero-order valence-electron chi connectivity index (χ0n) is 18.0. The lowest BCUT2D eigenvalue weighted by atomic mass is 10.1. The zero-order valence-corrected chi connectivity index (χ0v) is 18.9. The van der Waals surface area contributed by atoms with Gasteiger partial charge in [0.25, 0.3) is 0 Å². The van der Waals surface area contributed by atoms with Crippen LogP contribution in [0, 0.1) is 17.1 Å². The van der Waals surface area contributed by atoms with Crippen LogP contribution in [0.25, 0.3) is 5.70 Å². The predicted molar refractivity (Wildman–Crippen MR) is 119 cm³/mol. The normalized spacial score (nSPS) is 12.1. The molecular weight excluding hydrogens is 434 g/mol. The average molecular weight is 460 g/mol. The Bertz CT molecular complexity index is 1020. The summed E-state index contributed by atoms with van der Waals surface area (Å²) in [6.07, 6.45) is 1.03. The van der Waals surface area contributed by atoms with E-state index < -0.39 is 25.1 Å². The number of hydrogen-bond donors (Lipinski definition) is 1. The fraction of sp³-hybridized carbons (Fsp3) is 0.304. The molecule has 9 heteroatoms. The van der Waals surface area contributed by atoms with Crippen molar-refractivity contribution >= 4 is 19.4 Å². The monoisotopic (exact) mass is 460 g/mol. The van der Waals surface area contributed by atoms with E-state index in [9.17, 15) is 24.1 Å². The number of nitriles is 1. The Morgan fingerprint density at radius 3 is 2.12 bits per heavy atom. The molecule has 0 heterocycles. The molecule has 170 valence electrons. The van der Waals surface area contributed by atoms with Gasteiger partial charge < -0.3 is 5.11 Å². The lowest BCUT2D eigenvalue weighted by molar-refractivity contribution is -0.132. The first kappa shape index (κ1) is 25.3. The van der Waals surface area contributed by atoms with E-state index in [0.29, 0.717) is 18.4 Å². The number of aliphatic carboxylic acids is 1. The summed E-state index contributed by atoms with van der Waals surface area (Å²) in [5.74, 6) is -2.35. The van der Waals surface area contributed by atoms with Gasteiger partial charge in [-0.3, -0.25) is 13.7 Å². The molecule has 0 fully saturated rings. The molecule has 0 saturated carbocycles. The molecule has 0 unspecified atom stereocenters. The first-order valence-corrected chi connectivity index (χ1v) is 11.7. The summed E-state index contributed by atoms with van der Waals surface area (Å²) in [6.45, 7) is 3.62. The molecule has 0 bridgehead atoms. The molecule has 32 heavy (non-hydrogen) atoms. The van der Waals surface area contributed by atoms with Gasteiger partial charge in [0, 0.05) is 5.56 Å². The average Bonchev–Trinajstić information content (AvgIpc) is 2.79. The smallest absolute Gasteiger partial charge is 0.435 e. The van der Waals surface area contributed by atoms with Crippen LogP contribution >= 0.6 is 7.75 Å². The van der Waals surface area contributed by atoms with Crippen LogP contribution in [0.1, 0.15) is 37.8 Å². The highest BCUT2D eigenvalue weighted by Gasteiger charge is 2.39. The number of nitrogens with zero attached hydrogens (tertiary/aromatic N) is 2. The maximum absolute atomic E-state index is 14.9. The Morgan fingerprint density at radius 1 is 1.06 bits per heavy atom. The summed E-state index contributed by atoms with van der Waals surface area (Å²) < 4.78 is 41.2. The first-order valence-electron chi connectivity index (χ1n) is 10.2. The SMILES string of the molecule is CCCOP(=O)(OCCC)N(Cc1ccccc1)C(=C(C#N)C(=O)O)c1ccccc1F. The number of carbonyl (C=O) groups is 1. The summed E-state index contributed by atoms with van der Waals surface area (Å²) >= 11 is 0. The third-order valence-electron chi connectivity index (χ3n) is 4.34. The van der Waals surface area contributed by atoms with E-state index in [-0.39, 0.29) is 31.0 Å². The van der Waals surface area contributed by atoms with Crippen molar-refractivity contribution < 1.29 is 27.9 Å². The van der Waals surface area contributed by atoms with Crippen LogP contribution in [-0.2, 0) is 25.0 Å². The molecule has 0 saturated heterocycles. The molecule has 0 aliphatic rings. The van der Waals surface area contributed by atoms with E-state index in [0.717, 1.165) is 10.7 Å². The van der Waals surface area contributed by atoms with E-state index in [1.54, 1.807) is 36.4 Å². The number of hydrogen-bond acceptors (Lipinski definition) is 5. The Morgan fingerprint density at radius 2 is 1.62 bits per heavy atom. The van der Waals surface area contributed by atoms with Crippen LogP contribution in [-0.4, -0.2) is 29.0 Å². The second-order valence-electron chi connectivity index (χ2n) is 6.80. The van der Waals surface area contributed by atoms with Gasteiger partial charge in [-0.15, -0.1) is 0 Å². The van der Waals surface area contributed by atoms with Gasteiger partial charge in [0.05, 0.1) is 25.5 Å². The van der Waals surface area contributed by atoms with Crippen molar-refractivity contribution in [3.05, 3.63) is 77.1 Å². The molecule has 0 radical (unpaired) electrons. The maximum atomic E-state index is 14.9. The Hall–Kier alpha value is -2.98. The Balaban J connectivity index is 2.83. The highest BCUT2D eigenvalue weighted by atomic mass is 31.2. The molecule has 0 spiro atoms. The molecule has 0 aromatic heterocycles. The van der Waals surface area contributed by atoms with Crippen molar-refractivity contribution in [2.24, 2.45) is 0 Å². The van der Waals surface area contributed by atoms with Crippen LogP contribution < -0.4 is 0 Å². The third-order valence-corrected chi connectivity index (χ3v) is 6.29. The molecule has 2 rings (SSSR count). The molecule has 0 aliphatic heterocycles. The van der Waals surface area contributed by atoms with Crippen molar-refractivity contribution in [2.75, 3.05) is 13.2 Å². The Labute approximate surface area is 187 Å². The molecule has 7 nitrogen and oxygen atoms in total. The minimum absolute atomic E-state index is 0.0613. The molecule has 2 aromatic carbocycles. The second-order valence-corrected chi connectivity index (χ2v) is 8.74. The van der Waals surface area contributed by atoms with Crippen molar-refractivity contribution in [1.29, 1.82) is 5.26 Å². The maximum Gasteiger partial charge on any atom is 0.435 e. The predicted octanol–water partition coefficient (Wildman–Crippen LogP) is 5.61. The minimum atomic E-state index is -4.18. The zero-order chi connectivity index (χ0) is 23.6. The van der Waals surface area contributed by atoms with E-state index in [1.807, 2.05) is 13.8 Å². The third kappa shape index (κ3) is 6.27. The van der Waals surface area contributed by atoms with Crippen molar-refractivity contribution in [3.63, 3.8) is 0 Å². The number of halogens is 1. The van der Waals surface area contributed by atoms with Crippen molar-refractivity contribution in [2.45, 2.75) is 33.2 Å². The summed E-state index contributed by atoms with van der Waals surface area (Å²) in [6, 6.07) is 15.8. The topological polar surface area (TPSA) is 99.9 Å². The van der Waals surface area contributed by atoms with Crippen LogP contribution in [0.3, 0.4) is 0 Å². The minimum Gasteiger partial charge on any atom is -0.477 e. The van der Waals surface area contributed by atoms with Gasteiger partial charge >= 0.3 is 13.7 Å². The first-order chi connectivity index (χ1) is 15.4. The summed E-state index contributed by atoms with van der Waals surface area (Å²) in [4.78, 5) is 12.0. The van der Waals surface area contributed by atoms with Gasteiger partial charge in [0.15, 0.2) is 5.57 Å². The molecule has 0 aliphatic carbocycles. The van der Waals surface area contributed by atoms with Crippen LogP contribution in [0.2, 0.25) is 0 Å². The van der Waals surface area contributed by atoms with E-state index >= 15 is 0 Å². The van der Waals surface area contributed by atoms with E-state index in [2.05, 4.69) is 0 Å². The van der Waals surface area contributed by atoms with E-state index in [1.165, 1.54) is 18.2 Å². The standard InChI is InChI=1S/C23H26FN2O5P/c1-3-14-30-32(29,31-15-4-2)26(17-18-10-6-5-7-11-18)22(20(16-25)23(27)28)19-12-8-9-13-21(19)24/h5-13H,3-4,14-15,17H2,1-2H3,(H,27,28). The summed E-state index contributed by atoms with van der Waals surface area (Å²) in [7, 11) is -4.18. The molecule has 0 atom stereocenters. The molecule has 2 aromatic rings. The molecular formula is C23H26FN2O5P. The van der Waals surface area contributed by atoms with Crippen LogP contribution in [0.4, 0.5) is 4.39 Å². The quantitative estimate of drug-likeness (QED) is 0.250. The fourth-order valence-corrected chi connectivity index (χ4v) is 4.86. The number of rotatable bonds is 12. The Kier molecular flexibility index (Phi) is 9.61. The van der Waals surface area contributed by atoms with Crippen molar-refractivity contribution in [1.82, 2.24) is 4.67 Å². The molecule has 0 amide bonds. The lowest BCUT2D eigenvalue weighted by Gasteiger charge is -2.34. The van der Waals surface area contributed by atoms with Crippen LogP contribution in [0.15, 0.2) is 60.2 Å². The molecule has 1 N–H and O–H groups in total. The number of benzene rings is 2. The summed E-state index contributed by atoms with van der Waals surface area (Å²) in [5.41, 5.74) is -0.684. The van der Waals surface area contributed by atoms with Gasteiger partial charge in [-0.05, 0) is 30.5 Å². The van der Waals surface area contributed by atoms with Gasteiger partial charge in [-0.25, -0.2) is 13.8 Å². The summed E-state index contributed by atoms with van der Waals surface area (Å²) in [5, 5.41) is 19.4. The van der Waals surface area contributed by atoms with Crippen molar-refractivity contribution in [3.8, 4) is 6.07 Å². The van der Waals surface area contributed by atoms with E-state index in [4.69, 9.17) is 9.05 Å². The highest BCUT2D eigenvalue weighted by molar-refractivity contribution is 7.51.